The molecular weight excluding hydrogens is 254 g/mol. The molecule has 0 radical (unpaired) electrons. The second kappa shape index (κ2) is 6.21. The Morgan fingerprint density at radius 3 is 2.68 bits per heavy atom. The lowest BCUT2D eigenvalue weighted by molar-refractivity contribution is 0.140. The minimum absolute atomic E-state index is 0.117. The van der Waals surface area contributed by atoms with Gasteiger partial charge in [0.2, 0.25) is 0 Å². The summed E-state index contributed by atoms with van der Waals surface area (Å²) in [6.07, 6.45) is -2.00. The van der Waals surface area contributed by atoms with Crippen LogP contribution in [0.2, 0.25) is 0 Å². The third-order valence-electron chi connectivity index (χ3n) is 3.30. The molecule has 0 aliphatic carbocycles. The van der Waals surface area contributed by atoms with Crippen LogP contribution in [-0.4, -0.2) is 41.0 Å². The molecule has 0 amide bonds. The summed E-state index contributed by atoms with van der Waals surface area (Å²) in [5, 5.41) is 3.23. The number of halogens is 2. The molecule has 1 atom stereocenters. The summed E-state index contributed by atoms with van der Waals surface area (Å²) in [4.78, 5) is 20.1. The van der Waals surface area contributed by atoms with E-state index in [0.717, 1.165) is 38.7 Å². The Morgan fingerprint density at radius 2 is 2.11 bits per heavy atom. The quantitative estimate of drug-likeness (QED) is 0.860. The van der Waals surface area contributed by atoms with Crippen molar-refractivity contribution in [1.29, 1.82) is 0 Å². The van der Waals surface area contributed by atoms with Gasteiger partial charge in [-0.25, -0.2) is 13.8 Å². The molecule has 106 valence electrons. The monoisotopic (exact) mass is 272 g/mol. The second-order valence-corrected chi connectivity index (χ2v) is 4.57. The zero-order chi connectivity index (χ0) is 13.8. The zero-order valence-electron chi connectivity index (χ0n) is 10.8. The van der Waals surface area contributed by atoms with Crippen LogP contribution in [0.3, 0.4) is 0 Å². The molecule has 0 aromatic carbocycles. The Bertz CT molecular complexity index is 471. The van der Waals surface area contributed by atoms with Gasteiger partial charge in [0, 0.05) is 32.2 Å². The van der Waals surface area contributed by atoms with Crippen LogP contribution >= 0.6 is 0 Å². The summed E-state index contributed by atoms with van der Waals surface area (Å²) in [5.41, 5.74) is -0.971. The van der Waals surface area contributed by atoms with Crippen LogP contribution in [0.25, 0.3) is 0 Å². The Balaban J connectivity index is 2.29. The van der Waals surface area contributed by atoms with Gasteiger partial charge in [-0.3, -0.25) is 9.69 Å². The fourth-order valence-corrected chi connectivity index (χ4v) is 2.38. The van der Waals surface area contributed by atoms with Gasteiger partial charge in [-0.15, -0.1) is 0 Å². The highest BCUT2D eigenvalue weighted by atomic mass is 19.3. The number of nitrogens with zero attached hydrogens (tertiary/aromatic N) is 2. The van der Waals surface area contributed by atoms with Gasteiger partial charge in [0.25, 0.3) is 12.0 Å². The first-order valence-electron chi connectivity index (χ1n) is 6.46. The zero-order valence-corrected chi connectivity index (χ0v) is 10.8. The molecule has 1 aliphatic rings. The molecule has 2 heterocycles. The van der Waals surface area contributed by atoms with E-state index in [9.17, 15) is 13.6 Å². The number of hydrogen-bond acceptors (Lipinski definition) is 4. The smallest absolute Gasteiger partial charge is 0.280 e. The molecule has 19 heavy (non-hydrogen) atoms. The molecule has 0 spiro atoms. The average Bonchev–Trinajstić information content (AvgIpc) is 2.40. The van der Waals surface area contributed by atoms with Crippen molar-refractivity contribution in [3.8, 4) is 0 Å². The summed E-state index contributed by atoms with van der Waals surface area (Å²) < 4.78 is 25.4. The van der Waals surface area contributed by atoms with Gasteiger partial charge in [-0.2, -0.15) is 0 Å². The number of piperazine rings is 1. The Hall–Kier alpha value is -1.34. The number of aromatic amines is 1. The van der Waals surface area contributed by atoms with E-state index >= 15 is 0 Å². The normalized spacial score (nSPS) is 18.7. The Kier molecular flexibility index (Phi) is 4.60. The fourth-order valence-electron chi connectivity index (χ4n) is 2.38. The number of rotatable bonds is 4. The van der Waals surface area contributed by atoms with Crippen molar-refractivity contribution in [3.05, 3.63) is 27.9 Å². The molecule has 1 unspecified atom stereocenters. The lowest BCUT2D eigenvalue weighted by atomic mass is 10.1. The van der Waals surface area contributed by atoms with Gasteiger partial charge in [-0.1, -0.05) is 6.92 Å². The average molecular weight is 272 g/mol. The van der Waals surface area contributed by atoms with E-state index in [4.69, 9.17) is 0 Å². The molecule has 1 fully saturated rings. The molecule has 2 N–H and O–H groups in total. The molecule has 1 saturated heterocycles. The van der Waals surface area contributed by atoms with E-state index in [0.29, 0.717) is 5.82 Å². The number of H-pyrrole nitrogens is 1. The number of hydrogen-bond donors (Lipinski definition) is 2. The molecule has 5 nitrogen and oxygen atoms in total. The molecule has 0 saturated carbocycles. The lowest BCUT2D eigenvalue weighted by Gasteiger charge is -2.33. The van der Waals surface area contributed by atoms with Crippen LogP contribution < -0.4 is 10.9 Å². The summed E-state index contributed by atoms with van der Waals surface area (Å²) >= 11 is 0. The number of nitrogens with one attached hydrogen (secondary N) is 2. The first-order valence-corrected chi connectivity index (χ1v) is 6.46. The first-order chi connectivity index (χ1) is 9.11. The maximum absolute atomic E-state index is 12.7. The maximum atomic E-state index is 12.7. The lowest BCUT2D eigenvalue weighted by Crippen LogP contribution is -2.45. The predicted octanol–water partition coefficient (Wildman–Crippen LogP) is 1.06. The fraction of sp³-hybridized carbons (Fsp3) is 0.667. The summed E-state index contributed by atoms with van der Waals surface area (Å²) in [7, 11) is 0. The summed E-state index contributed by atoms with van der Waals surface area (Å²) in [6, 6.07) is 0.743. The van der Waals surface area contributed by atoms with E-state index < -0.39 is 17.7 Å². The topological polar surface area (TPSA) is 61.0 Å². The Labute approximate surface area is 110 Å². The highest BCUT2D eigenvalue weighted by Crippen LogP contribution is 2.22. The highest BCUT2D eigenvalue weighted by molar-refractivity contribution is 5.07. The van der Waals surface area contributed by atoms with Crippen LogP contribution in [0.5, 0.6) is 0 Å². The summed E-state index contributed by atoms with van der Waals surface area (Å²) in [5.74, 6) is 0.340. The molecule has 1 aliphatic heterocycles. The van der Waals surface area contributed by atoms with Crippen LogP contribution in [0.1, 0.15) is 37.3 Å². The van der Waals surface area contributed by atoms with Gasteiger partial charge in [-0.05, 0) is 6.42 Å². The van der Waals surface area contributed by atoms with E-state index in [2.05, 4.69) is 20.2 Å². The van der Waals surface area contributed by atoms with Crippen LogP contribution in [-0.2, 0) is 0 Å². The van der Waals surface area contributed by atoms with E-state index in [1.54, 1.807) is 0 Å². The first kappa shape index (κ1) is 14.1. The highest BCUT2D eigenvalue weighted by Gasteiger charge is 2.24. The second-order valence-electron chi connectivity index (χ2n) is 4.57. The Morgan fingerprint density at radius 1 is 1.42 bits per heavy atom. The van der Waals surface area contributed by atoms with Crippen molar-refractivity contribution in [3.63, 3.8) is 0 Å². The van der Waals surface area contributed by atoms with Crippen molar-refractivity contribution in [1.82, 2.24) is 20.2 Å². The SMILES string of the molecule is CCC(c1nc(C(F)F)cc(=O)[nH]1)N1CCNCC1. The third-order valence-corrected chi connectivity index (χ3v) is 3.30. The molecule has 1 aromatic rings. The molecular formula is C12H18F2N4O. The third kappa shape index (κ3) is 3.36. The van der Waals surface area contributed by atoms with Gasteiger partial charge < -0.3 is 10.3 Å². The molecule has 0 bridgehead atoms. The van der Waals surface area contributed by atoms with Gasteiger partial charge in [0.1, 0.15) is 11.5 Å². The van der Waals surface area contributed by atoms with E-state index in [1.807, 2.05) is 6.92 Å². The van der Waals surface area contributed by atoms with E-state index in [-0.39, 0.29) is 6.04 Å². The van der Waals surface area contributed by atoms with Crippen molar-refractivity contribution in [2.45, 2.75) is 25.8 Å². The number of alkyl halides is 2. The molecule has 1 aromatic heterocycles. The van der Waals surface area contributed by atoms with Gasteiger partial charge >= 0.3 is 0 Å². The summed E-state index contributed by atoms with van der Waals surface area (Å²) in [6.45, 7) is 5.31. The minimum Gasteiger partial charge on any atom is -0.314 e. The van der Waals surface area contributed by atoms with Crippen molar-refractivity contribution >= 4 is 0 Å². The number of aromatic nitrogens is 2. The van der Waals surface area contributed by atoms with Crippen LogP contribution in [0, 0.1) is 0 Å². The van der Waals surface area contributed by atoms with Crippen molar-refractivity contribution in [2.75, 3.05) is 26.2 Å². The predicted molar refractivity (Wildman–Crippen MR) is 67.3 cm³/mol. The van der Waals surface area contributed by atoms with Crippen molar-refractivity contribution in [2.24, 2.45) is 0 Å². The minimum atomic E-state index is -2.72. The standard InChI is InChI=1S/C12H18F2N4O/c1-2-9(18-5-3-15-4-6-18)12-16-8(11(13)14)7-10(19)17-12/h7,9,11,15H,2-6H2,1H3,(H,16,17,19). The van der Waals surface area contributed by atoms with Gasteiger partial charge in [0.05, 0.1) is 6.04 Å². The van der Waals surface area contributed by atoms with E-state index in [1.165, 1.54) is 0 Å². The van der Waals surface area contributed by atoms with Gasteiger partial charge in [0.15, 0.2) is 0 Å². The van der Waals surface area contributed by atoms with Crippen molar-refractivity contribution < 1.29 is 8.78 Å². The molecule has 7 heteroatoms. The maximum Gasteiger partial charge on any atom is 0.280 e. The largest absolute Gasteiger partial charge is 0.314 e. The van der Waals surface area contributed by atoms with Crippen LogP contribution in [0.15, 0.2) is 10.9 Å². The van der Waals surface area contributed by atoms with Crippen LogP contribution in [0.4, 0.5) is 8.78 Å². The molecule has 2 rings (SSSR count).